The summed E-state index contributed by atoms with van der Waals surface area (Å²) in [6.45, 7) is -1.28. The van der Waals surface area contributed by atoms with Gasteiger partial charge in [-0.15, -0.1) is 0 Å². The standard InChI is InChI=1S/C8H6F5NO2/c9-7(10)6-3(2-15)5(8(11,12)13)4(16)1-14-6/h1,7,15-16H,2H2. The highest BCUT2D eigenvalue weighted by Crippen LogP contribution is 2.40. The van der Waals surface area contributed by atoms with Crippen molar-refractivity contribution in [3.63, 3.8) is 0 Å². The molecule has 3 nitrogen and oxygen atoms in total. The van der Waals surface area contributed by atoms with Crippen LogP contribution >= 0.6 is 0 Å². The lowest BCUT2D eigenvalue weighted by atomic mass is 10.1. The van der Waals surface area contributed by atoms with E-state index >= 15 is 0 Å². The lowest BCUT2D eigenvalue weighted by Crippen LogP contribution is -2.13. The van der Waals surface area contributed by atoms with E-state index < -0.39 is 41.8 Å². The summed E-state index contributed by atoms with van der Waals surface area (Å²) in [7, 11) is 0. The van der Waals surface area contributed by atoms with Crippen molar-refractivity contribution in [2.45, 2.75) is 19.2 Å². The third-order valence-corrected chi connectivity index (χ3v) is 1.84. The van der Waals surface area contributed by atoms with Gasteiger partial charge in [-0.1, -0.05) is 0 Å². The molecule has 0 amide bonds. The van der Waals surface area contributed by atoms with Crippen LogP contribution < -0.4 is 0 Å². The molecule has 1 aromatic heterocycles. The number of rotatable bonds is 2. The lowest BCUT2D eigenvalue weighted by Gasteiger charge is -2.15. The molecule has 0 bridgehead atoms. The third kappa shape index (κ3) is 2.21. The molecule has 1 aromatic rings. The Morgan fingerprint density at radius 1 is 1.31 bits per heavy atom. The van der Waals surface area contributed by atoms with Gasteiger partial charge in [0.1, 0.15) is 17.0 Å². The number of halogens is 5. The highest BCUT2D eigenvalue weighted by molar-refractivity contribution is 5.42. The molecule has 0 spiro atoms. The van der Waals surface area contributed by atoms with Crippen LogP contribution in [0.3, 0.4) is 0 Å². The molecule has 1 rings (SSSR count). The van der Waals surface area contributed by atoms with Crippen molar-refractivity contribution < 1.29 is 32.2 Å². The van der Waals surface area contributed by atoms with Crippen LogP contribution in [-0.2, 0) is 12.8 Å². The Hall–Kier alpha value is -1.44. The topological polar surface area (TPSA) is 53.4 Å². The molecule has 0 radical (unpaired) electrons. The van der Waals surface area contributed by atoms with Gasteiger partial charge in [-0.05, 0) is 0 Å². The number of alkyl halides is 5. The van der Waals surface area contributed by atoms with Crippen LogP contribution in [0.5, 0.6) is 5.75 Å². The van der Waals surface area contributed by atoms with Crippen LogP contribution in [0.15, 0.2) is 6.20 Å². The van der Waals surface area contributed by atoms with E-state index in [1.54, 1.807) is 0 Å². The molecule has 0 aliphatic rings. The van der Waals surface area contributed by atoms with Crippen molar-refractivity contribution in [3.8, 4) is 5.75 Å². The lowest BCUT2D eigenvalue weighted by molar-refractivity contribution is -0.140. The summed E-state index contributed by atoms with van der Waals surface area (Å²) in [4.78, 5) is 2.96. The van der Waals surface area contributed by atoms with E-state index in [2.05, 4.69) is 4.98 Å². The largest absolute Gasteiger partial charge is 0.506 e. The predicted octanol–water partition coefficient (Wildman–Crippen LogP) is 2.24. The minimum Gasteiger partial charge on any atom is -0.506 e. The Kier molecular flexibility index (Phi) is 3.32. The first-order chi connectivity index (χ1) is 7.29. The van der Waals surface area contributed by atoms with Crippen LogP contribution in [0.1, 0.15) is 23.2 Å². The van der Waals surface area contributed by atoms with Gasteiger partial charge in [-0.25, -0.2) is 8.78 Å². The van der Waals surface area contributed by atoms with E-state index in [4.69, 9.17) is 10.2 Å². The maximum Gasteiger partial charge on any atom is 0.420 e. The zero-order valence-corrected chi connectivity index (χ0v) is 7.59. The average molecular weight is 243 g/mol. The van der Waals surface area contributed by atoms with E-state index in [9.17, 15) is 22.0 Å². The number of hydrogen-bond donors (Lipinski definition) is 2. The quantitative estimate of drug-likeness (QED) is 0.783. The number of aliphatic hydroxyl groups excluding tert-OH is 1. The zero-order chi connectivity index (χ0) is 12.5. The summed E-state index contributed by atoms with van der Waals surface area (Å²) in [5.74, 6) is -1.29. The minimum atomic E-state index is -5.03. The third-order valence-electron chi connectivity index (χ3n) is 1.84. The molecule has 1 heterocycles. The summed E-state index contributed by atoms with van der Waals surface area (Å²) < 4.78 is 61.8. The van der Waals surface area contributed by atoms with Gasteiger partial charge in [0.25, 0.3) is 6.43 Å². The normalized spacial score (nSPS) is 12.2. The van der Waals surface area contributed by atoms with Crippen LogP contribution in [-0.4, -0.2) is 15.2 Å². The Balaban J connectivity index is 3.51. The average Bonchev–Trinajstić information content (AvgIpc) is 2.14. The fourth-order valence-electron chi connectivity index (χ4n) is 1.22. The van der Waals surface area contributed by atoms with Crippen LogP contribution in [0, 0.1) is 0 Å². The molecule has 16 heavy (non-hydrogen) atoms. The first-order valence-electron chi connectivity index (χ1n) is 3.96. The van der Waals surface area contributed by atoms with Crippen molar-refractivity contribution in [1.82, 2.24) is 4.98 Å². The Bertz CT molecular complexity index is 391. The van der Waals surface area contributed by atoms with Gasteiger partial charge < -0.3 is 10.2 Å². The molecular formula is C8H6F5NO2. The second-order valence-corrected chi connectivity index (χ2v) is 2.84. The van der Waals surface area contributed by atoms with E-state index in [0.717, 1.165) is 0 Å². The van der Waals surface area contributed by atoms with Gasteiger partial charge in [-0.2, -0.15) is 13.2 Å². The number of pyridine rings is 1. The van der Waals surface area contributed by atoms with Crippen LogP contribution in [0.4, 0.5) is 22.0 Å². The molecule has 90 valence electrons. The Morgan fingerprint density at radius 3 is 2.25 bits per heavy atom. The predicted molar refractivity (Wildman–Crippen MR) is 41.8 cm³/mol. The maximum atomic E-state index is 12.4. The van der Waals surface area contributed by atoms with Gasteiger partial charge in [-0.3, -0.25) is 4.98 Å². The first-order valence-corrected chi connectivity index (χ1v) is 3.96. The second kappa shape index (κ2) is 4.20. The fourth-order valence-corrected chi connectivity index (χ4v) is 1.22. The first kappa shape index (κ1) is 12.6. The van der Waals surface area contributed by atoms with Crippen LogP contribution in [0.2, 0.25) is 0 Å². The molecule has 0 fully saturated rings. The molecule has 8 heteroatoms. The maximum absolute atomic E-state index is 12.4. The fraction of sp³-hybridized carbons (Fsp3) is 0.375. The molecule has 0 unspecified atom stereocenters. The molecule has 0 atom stereocenters. The number of aromatic nitrogens is 1. The van der Waals surface area contributed by atoms with Gasteiger partial charge in [0, 0.05) is 5.56 Å². The van der Waals surface area contributed by atoms with Crippen LogP contribution in [0.25, 0.3) is 0 Å². The monoisotopic (exact) mass is 243 g/mol. The Labute approximate surface area is 86.2 Å². The molecule has 2 N–H and O–H groups in total. The molecule has 0 aliphatic heterocycles. The minimum absolute atomic E-state index is 0.281. The summed E-state index contributed by atoms with van der Waals surface area (Å²) in [6, 6.07) is 0. The number of nitrogens with zero attached hydrogens (tertiary/aromatic N) is 1. The van der Waals surface area contributed by atoms with E-state index in [-0.39, 0.29) is 6.20 Å². The second-order valence-electron chi connectivity index (χ2n) is 2.84. The number of aliphatic hydroxyl groups is 1. The summed E-state index contributed by atoms with van der Waals surface area (Å²) in [5, 5.41) is 17.6. The molecule has 0 aromatic carbocycles. The molecule has 0 aliphatic carbocycles. The van der Waals surface area contributed by atoms with E-state index in [1.165, 1.54) is 0 Å². The van der Waals surface area contributed by atoms with E-state index in [1.807, 2.05) is 0 Å². The van der Waals surface area contributed by atoms with Gasteiger partial charge in [0.05, 0.1) is 12.8 Å². The highest BCUT2D eigenvalue weighted by Gasteiger charge is 2.39. The van der Waals surface area contributed by atoms with E-state index in [0.29, 0.717) is 0 Å². The zero-order valence-electron chi connectivity index (χ0n) is 7.59. The van der Waals surface area contributed by atoms with Gasteiger partial charge in [0.15, 0.2) is 0 Å². The van der Waals surface area contributed by atoms with Crippen molar-refractivity contribution in [3.05, 3.63) is 23.0 Å². The summed E-state index contributed by atoms with van der Waals surface area (Å²) in [6.07, 6.45) is -8.01. The van der Waals surface area contributed by atoms with Crippen molar-refractivity contribution >= 4 is 0 Å². The van der Waals surface area contributed by atoms with Gasteiger partial charge >= 0.3 is 6.18 Å². The van der Waals surface area contributed by atoms with Gasteiger partial charge in [0.2, 0.25) is 0 Å². The number of hydrogen-bond acceptors (Lipinski definition) is 3. The Morgan fingerprint density at radius 2 is 1.88 bits per heavy atom. The highest BCUT2D eigenvalue weighted by atomic mass is 19.4. The molecule has 0 saturated heterocycles. The smallest absolute Gasteiger partial charge is 0.420 e. The molecule has 0 saturated carbocycles. The van der Waals surface area contributed by atoms with Crippen molar-refractivity contribution in [1.29, 1.82) is 0 Å². The van der Waals surface area contributed by atoms with Crippen molar-refractivity contribution in [2.24, 2.45) is 0 Å². The summed E-state index contributed by atoms with van der Waals surface area (Å²) >= 11 is 0. The molecular weight excluding hydrogens is 237 g/mol. The summed E-state index contributed by atoms with van der Waals surface area (Å²) in [5.41, 5.74) is -3.98. The SMILES string of the molecule is OCc1c(C(F)F)ncc(O)c1C(F)(F)F. The number of aromatic hydroxyl groups is 1. The van der Waals surface area contributed by atoms with Crippen molar-refractivity contribution in [2.75, 3.05) is 0 Å².